The number of tetrazole rings is 1. The van der Waals surface area contributed by atoms with E-state index in [9.17, 15) is 9.18 Å². The second-order valence-electron chi connectivity index (χ2n) is 5.44. The predicted molar refractivity (Wildman–Crippen MR) is 87.7 cm³/mol. The molecule has 3 rings (SSSR count). The topological polar surface area (TPSA) is 72.7 Å². The van der Waals surface area contributed by atoms with Gasteiger partial charge in [0.2, 0.25) is 5.82 Å². The summed E-state index contributed by atoms with van der Waals surface area (Å²) in [5, 5.41) is 14.7. The Morgan fingerprint density at radius 3 is 2.58 bits per heavy atom. The minimum absolute atomic E-state index is 0.119. The molecule has 0 aliphatic heterocycles. The van der Waals surface area contributed by atoms with Gasteiger partial charge in [0, 0.05) is 5.56 Å². The summed E-state index contributed by atoms with van der Waals surface area (Å²) in [5.41, 5.74) is 2.06. The molecule has 0 saturated heterocycles. The number of hydrogen-bond donors (Lipinski definition) is 1. The Morgan fingerprint density at radius 2 is 1.88 bits per heavy atom. The Balaban J connectivity index is 1.75. The van der Waals surface area contributed by atoms with E-state index in [1.165, 1.54) is 16.9 Å². The van der Waals surface area contributed by atoms with E-state index < -0.39 is 17.8 Å². The first kappa shape index (κ1) is 15.8. The molecule has 0 saturated carbocycles. The van der Waals surface area contributed by atoms with Crippen LogP contribution in [0.2, 0.25) is 0 Å². The molecule has 2 aromatic carbocycles. The van der Waals surface area contributed by atoms with E-state index in [0.29, 0.717) is 5.82 Å². The zero-order chi connectivity index (χ0) is 17.1. The molecule has 6 nitrogen and oxygen atoms in total. The number of carbonyl (C=O) groups is 1. The fourth-order valence-corrected chi connectivity index (χ4v) is 2.11. The first-order chi connectivity index (χ1) is 11.5. The van der Waals surface area contributed by atoms with Crippen LogP contribution in [0.1, 0.15) is 18.5 Å². The smallest absolute Gasteiger partial charge is 0.250 e. The molecule has 0 unspecified atom stereocenters. The van der Waals surface area contributed by atoms with Gasteiger partial charge < -0.3 is 5.32 Å². The lowest BCUT2D eigenvalue weighted by molar-refractivity contribution is -0.119. The summed E-state index contributed by atoms with van der Waals surface area (Å²) in [6.07, 6.45) is 0. The van der Waals surface area contributed by atoms with Gasteiger partial charge in [0.25, 0.3) is 5.91 Å². The predicted octanol–water partition coefficient (Wildman–Crippen LogP) is 2.99. The minimum Gasteiger partial charge on any atom is -0.322 e. The van der Waals surface area contributed by atoms with Gasteiger partial charge in [0.15, 0.2) is 0 Å². The number of benzene rings is 2. The Hall–Kier alpha value is -3.09. The van der Waals surface area contributed by atoms with E-state index in [2.05, 4.69) is 20.7 Å². The minimum atomic E-state index is -0.726. The fourth-order valence-electron chi connectivity index (χ4n) is 2.11. The lowest BCUT2D eigenvalue weighted by Gasteiger charge is -2.11. The lowest BCUT2D eigenvalue weighted by Crippen LogP contribution is -2.25. The molecule has 1 atom stereocenters. The van der Waals surface area contributed by atoms with Crippen LogP contribution in [0.15, 0.2) is 48.5 Å². The van der Waals surface area contributed by atoms with Crippen LogP contribution in [-0.2, 0) is 4.79 Å². The van der Waals surface area contributed by atoms with Gasteiger partial charge in [-0.3, -0.25) is 4.79 Å². The maximum absolute atomic E-state index is 13.6. The quantitative estimate of drug-likeness (QED) is 0.800. The van der Waals surface area contributed by atoms with Gasteiger partial charge in [-0.25, -0.2) is 4.39 Å². The van der Waals surface area contributed by atoms with Crippen molar-refractivity contribution in [3.63, 3.8) is 0 Å². The maximum atomic E-state index is 13.6. The summed E-state index contributed by atoms with van der Waals surface area (Å²) in [6.45, 7) is 3.61. The van der Waals surface area contributed by atoms with E-state index in [1.807, 2.05) is 31.2 Å². The number of aryl methyl sites for hydroxylation is 1. The highest BCUT2D eigenvalue weighted by atomic mass is 19.1. The van der Waals surface area contributed by atoms with Gasteiger partial charge >= 0.3 is 0 Å². The van der Waals surface area contributed by atoms with Crippen molar-refractivity contribution in [1.82, 2.24) is 20.2 Å². The summed E-state index contributed by atoms with van der Waals surface area (Å²) in [7, 11) is 0. The molecule has 0 aliphatic rings. The van der Waals surface area contributed by atoms with Gasteiger partial charge in [0.1, 0.15) is 11.9 Å². The molecule has 0 fully saturated rings. The number of rotatable bonds is 4. The SMILES string of the molecule is Cc1ccc(-c2nnn([C@H](C)C(=O)Nc3ccccc3F)n2)cc1. The highest BCUT2D eigenvalue weighted by Crippen LogP contribution is 2.17. The fraction of sp³-hybridized carbons (Fsp3) is 0.176. The van der Waals surface area contributed by atoms with Gasteiger partial charge in [0.05, 0.1) is 5.69 Å². The summed E-state index contributed by atoms with van der Waals surface area (Å²) < 4.78 is 13.6. The molecule has 24 heavy (non-hydrogen) atoms. The first-order valence-electron chi connectivity index (χ1n) is 7.46. The van der Waals surface area contributed by atoms with E-state index in [0.717, 1.165) is 11.1 Å². The van der Waals surface area contributed by atoms with Crippen LogP contribution in [-0.4, -0.2) is 26.1 Å². The monoisotopic (exact) mass is 325 g/mol. The van der Waals surface area contributed by atoms with Crippen molar-refractivity contribution in [3.8, 4) is 11.4 Å². The molecule has 3 aromatic rings. The number of anilines is 1. The zero-order valence-corrected chi connectivity index (χ0v) is 13.3. The molecule has 1 amide bonds. The van der Waals surface area contributed by atoms with Crippen LogP contribution < -0.4 is 5.32 Å². The van der Waals surface area contributed by atoms with Crippen LogP contribution in [0.5, 0.6) is 0 Å². The number of carbonyl (C=O) groups excluding carboxylic acids is 1. The van der Waals surface area contributed by atoms with Crippen molar-refractivity contribution >= 4 is 11.6 Å². The Labute approximate surface area is 138 Å². The van der Waals surface area contributed by atoms with Crippen molar-refractivity contribution < 1.29 is 9.18 Å². The summed E-state index contributed by atoms with van der Waals surface area (Å²) in [4.78, 5) is 13.5. The second kappa shape index (κ2) is 6.57. The Morgan fingerprint density at radius 1 is 1.17 bits per heavy atom. The molecule has 0 radical (unpaired) electrons. The van der Waals surface area contributed by atoms with Crippen LogP contribution >= 0.6 is 0 Å². The molecule has 122 valence electrons. The highest BCUT2D eigenvalue weighted by molar-refractivity contribution is 5.93. The van der Waals surface area contributed by atoms with E-state index in [1.54, 1.807) is 19.1 Å². The van der Waals surface area contributed by atoms with Crippen LogP contribution in [0.4, 0.5) is 10.1 Å². The van der Waals surface area contributed by atoms with Gasteiger partial charge in [-0.2, -0.15) is 4.80 Å². The number of halogens is 1. The van der Waals surface area contributed by atoms with E-state index in [-0.39, 0.29) is 5.69 Å². The van der Waals surface area contributed by atoms with Crippen LogP contribution in [0.25, 0.3) is 11.4 Å². The third-order valence-corrected chi connectivity index (χ3v) is 3.60. The number of hydrogen-bond acceptors (Lipinski definition) is 4. The summed E-state index contributed by atoms with van der Waals surface area (Å²) in [5.74, 6) is -0.488. The van der Waals surface area contributed by atoms with E-state index in [4.69, 9.17) is 0 Å². The van der Waals surface area contributed by atoms with Gasteiger partial charge in [-0.05, 0) is 31.2 Å². The maximum Gasteiger partial charge on any atom is 0.250 e. The average molecular weight is 325 g/mol. The third kappa shape index (κ3) is 3.29. The first-order valence-corrected chi connectivity index (χ1v) is 7.46. The van der Waals surface area contributed by atoms with Gasteiger partial charge in [-0.15, -0.1) is 10.2 Å². The molecule has 1 heterocycles. The van der Waals surface area contributed by atoms with Gasteiger partial charge in [-0.1, -0.05) is 42.0 Å². The zero-order valence-electron chi connectivity index (χ0n) is 13.3. The van der Waals surface area contributed by atoms with Crippen molar-refractivity contribution in [1.29, 1.82) is 0 Å². The highest BCUT2D eigenvalue weighted by Gasteiger charge is 2.19. The molecule has 1 aromatic heterocycles. The molecular weight excluding hydrogens is 309 g/mol. The molecule has 0 spiro atoms. The molecule has 7 heteroatoms. The third-order valence-electron chi connectivity index (χ3n) is 3.60. The lowest BCUT2D eigenvalue weighted by atomic mass is 10.1. The second-order valence-corrected chi connectivity index (χ2v) is 5.44. The number of nitrogens with zero attached hydrogens (tertiary/aromatic N) is 4. The molecule has 0 aliphatic carbocycles. The van der Waals surface area contributed by atoms with Crippen LogP contribution in [0, 0.1) is 12.7 Å². The standard InChI is InChI=1S/C17H16FN5O/c1-11-7-9-13(10-8-11)16-20-22-23(21-16)12(2)17(24)19-15-6-4-3-5-14(15)18/h3-10,12H,1-2H3,(H,19,24)/t12-/m1/s1. The molecular formula is C17H16FN5O. The van der Waals surface area contributed by atoms with Crippen LogP contribution in [0.3, 0.4) is 0 Å². The van der Waals surface area contributed by atoms with Crippen molar-refractivity contribution in [2.45, 2.75) is 19.9 Å². The average Bonchev–Trinajstić information content (AvgIpc) is 3.07. The number of para-hydroxylation sites is 1. The van der Waals surface area contributed by atoms with E-state index >= 15 is 0 Å². The number of aromatic nitrogens is 4. The van der Waals surface area contributed by atoms with Crippen molar-refractivity contribution in [3.05, 3.63) is 59.9 Å². The normalized spacial score (nSPS) is 12.0. The van der Waals surface area contributed by atoms with Crippen molar-refractivity contribution in [2.75, 3.05) is 5.32 Å². The molecule has 0 bridgehead atoms. The van der Waals surface area contributed by atoms with Crippen molar-refractivity contribution in [2.24, 2.45) is 0 Å². The summed E-state index contributed by atoms with van der Waals surface area (Å²) >= 11 is 0. The number of nitrogens with one attached hydrogen (secondary N) is 1. The Bertz CT molecular complexity index is 859. The summed E-state index contributed by atoms with van der Waals surface area (Å²) in [6, 6.07) is 12.9. The molecule has 1 N–H and O–H groups in total. The Kier molecular flexibility index (Phi) is 4.33. The number of amides is 1. The largest absolute Gasteiger partial charge is 0.322 e.